The quantitative estimate of drug-likeness (QED) is 0.879. The van der Waals surface area contributed by atoms with Crippen LogP contribution in [0.4, 0.5) is 0 Å². The molecule has 0 bridgehead atoms. The van der Waals surface area contributed by atoms with E-state index in [0.29, 0.717) is 18.5 Å². The molecule has 0 aliphatic heterocycles. The topological polar surface area (TPSA) is 32.3 Å². The third-order valence-electron chi connectivity index (χ3n) is 3.03. The van der Waals surface area contributed by atoms with Crippen LogP contribution in [0.2, 0.25) is 0 Å². The number of aliphatic hydroxyl groups excluding tert-OH is 1. The molecule has 2 N–H and O–H groups in total. The van der Waals surface area contributed by atoms with Gasteiger partial charge in [0.05, 0.1) is 6.61 Å². The standard InChI is InChI=1S/C12H16BrNO/c13-12-4-2-1-3-11(12)9-7-10(8-9)14-5-6-15/h1-4,9-10,14-15H,5-8H2. The zero-order chi connectivity index (χ0) is 10.7. The van der Waals surface area contributed by atoms with Crippen LogP contribution in [0.5, 0.6) is 0 Å². The fraction of sp³-hybridized carbons (Fsp3) is 0.500. The average molecular weight is 270 g/mol. The normalized spacial score (nSPS) is 24.9. The molecule has 3 heteroatoms. The van der Waals surface area contributed by atoms with E-state index in [2.05, 4.69) is 39.4 Å². The lowest BCUT2D eigenvalue weighted by Crippen LogP contribution is -2.41. The summed E-state index contributed by atoms with van der Waals surface area (Å²) in [6.45, 7) is 0.948. The first-order valence-electron chi connectivity index (χ1n) is 5.40. The first-order valence-corrected chi connectivity index (χ1v) is 6.19. The van der Waals surface area contributed by atoms with Gasteiger partial charge in [-0.15, -0.1) is 0 Å². The smallest absolute Gasteiger partial charge is 0.0556 e. The minimum absolute atomic E-state index is 0.232. The minimum Gasteiger partial charge on any atom is -0.395 e. The molecule has 0 radical (unpaired) electrons. The average Bonchev–Trinajstić information content (AvgIpc) is 2.18. The van der Waals surface area contributed by atoms with Crippen molar-refractivity contribution in [1.29, 1.82) is 0 Å². The van der Waals surface area contributed by atoms with Gasteiger partial charge in [0.25, 0.3) is 0 Å². The summed E-state index contributed by atoms with van der Waals surface area (Å²) in [7, 11) is 0. The Morgan fingerprint density at radius 1 is 1.33 bits per heavy atom. The van der Waals surface area contributed by atoms with Gasteiger partial charge in [-0.05, 0) is 30.4 Å². The van der Waals surface area contributed by atoms with Crippen LogP contribution in [0, 0.1) is 0 Å². The highest BCUT2D eigenvalue weighted by molar-refractivity contribution is 9.10. The summed E-state index contributed by atoms with van der Waals surface area (Å²) in [6.07, 6.45) is 2.37. The highest BCUT2D eigenvalue weighted by Crippen LogP contribution is 2.39. The summed E-state index contributed by atoms with van der Waals surface area (Å²) in [6, 6.07) is 9.03. The largest absolute Gasteiger partial charge is 0.395 e. The van der Waals surface area contributed by atoms with E-state index < -0.39 is 0 Å². The van der Waals surface area contributed by atoms with E-state index in [-0.39, 0.29) is 6.61 Å². The third kappa shape index (κ3) is 2.60. The van der Waals surface area contributed by atoms with Crippen LogP contribution in [0.3, 0.4) is 0 Å². The molecule has 0 unspecified atom stereocenters. The first-order chi connectivity index (χ1) is 7.31. The number of halogens is 1. The predicted molar refractivity (Wildman–Crippen MR) is 65.0 cm³/mol. The van der Waals surface area contributed by atoms with Gasteiger partial charge >= 0.3 is 0 Å². The summed E-state index contributed by atoms with van der Waals surface area (Å²) >= 11 is 3.58. The number of benzene rings is 1. The molecule has 1 aliphatic rings. The Labute approximate surface area is 98.8 Å². The number of hydrogen-bond acceptors (Lipinski definition) is 2. The number of nitrogens with one attached hydrogen (secondary N) is 1. The maximum atomic E-state index is 8.69. The van der Waals surface area contributed by atoms with Crippen LogP contribution >= 0.6 is 15.9 Å². The molecule has 15 heavy (non-hydrogen) atoms. The Bertz CT molecular complexity index is 323. The van der Waals surface area contributed by atoms with Crippen molar-refractivity contribution in [2.45, 2.75) is 24.8 Å². The van der Waals surface area contributed by atoms with Gasteiger partial charge in [0.15, 0.2) is 0 Å². The van der Waals surface area contributed by atoms with Gasteiger partial charge in [-0.3, -0.25) is 0 Å². The van der Waals surface area contributed by atoms with Crippen molar-refractivity contribution in [1.82, 2.24) is 5.32 Å². The molecule has 2 nitrogen and oxygen atoms in total. The van der Waals surface area contributed by atoms with Crippen molar-refractivity contribution in [3.05, 3.63) is 34.3 Å². The van der Waals surface area contributed by atoms with Crippen LogP contribution in [0.15, 0.2) is 28.7 Å². The molecular formula is C12H16BrNO. The summed E-state index contributed by atoms with van der Waals surface area (Å²) in [4.78, 5) is 0. The van der Waals surface area contributed by atoms with E-state index in [1.54, 1.807) is 0 Å². The van der Waals surface area contributed by atoms with Crippen LogP contribution < -0.4 is 5.32 Å². The van der Waals surface area contributed by atoms with E-state index in [4.69, 9.17) is 5.11 Å². The maximum absolute atomic E-state index is 8.69. The summed E-state index contributed by atoms with van der Waals surface area (Å²) in [5.41, 5.74) is 1.42. The second kappa shape index (κ2) is 5.10. The molecule has 0 heterocycles. The van der Waals surface area contributed by atoms with Crippen molar-refractivity contribution >= 4 is 15.9 Å². The van der Waals surface area contributed by atoms with Crippen LogP contribution in [0.1, 0.15) is 24.3 Å². The maximum Gasteiger partial charge on any atom is 0.0556 e. The monoisotopic (exact) mass is 269 g/mol. The molecule has 1 aromatic carbocycles. The van der Waals surface area contributed by atoms with E-state index in [9.17, 15) is 0 Å². The summed E-state index contributed by atoms with van der Waals surface area (Å²) < 4.78 is 1.22. The Kier molecular flexibility index (Phi) is 3.78. The SMILES string of the molecule is OCCNC1CC(c2ccccc2Br)C1. The lowest BCUT2D eigenvalue weighted by Gasteiger charge is -2.36. The molecule has 1 aromatic rings. The lowest BCUT2D eigenvalue weighted by atomic mass is 9.76. The fourth-order valence-electron chi connectivity index (χ4n) is 2.11. The molecule has 1 aliphatic carbocycles. The first kappa shape index (κ1) is 11.1. The van der Waals surface area contributed by atoms with E-state index >= 15 is 0 Å². The second-order valence-electron chi connectivity index (χ2n) is 4.06. The molecule has 0 spiro atoms. The minimum atomic E-state index is 0.232. The molecule has 1 saturated carbocycles. The molecule has 1 fully saturated rings. The van der Waals surface area contributed by atoms with Crippen LogP contribution in [-0.4, -0.2) is 24.3 Å². The number of hydrogen-bond donors (Lipinski definition) is 2. The highest BCUT2D eigenvalue weighted by Gasteiger charge is 2.30. The third-order valence-corrected chi connectivity index (χ3v) is 3.75. The van der Waals surface area contributed by atoms with E-state index in [1.807, 2.05) is 6.07 Å². The zero-order valence-electron chi connectivity index (χ0n) is 8.62. The van der Waals surface area contributed by atoms with Gasteiger partial charge < -0.3 is 10.4 Å². The zero-order valence-corrected chi connectivity index (χ0v) is 10.2. The summed E-state index contributed by atoms with van der Waals surface area (Å²) in [5, 5.41) is 12.0. The van der Waals surface area contributed by atoms with Crippen molar-refractivity contribution < 1.29 is 5.11 Å². The van der Waals surface area contributed by atoms with Crippen LogP contribution in [-0.2, 0) is 0 Å². The Morgan fingerprint density at radius 2 is 2.07 bits per heavy atom. The molecular weight excluding hydrogens is 254 g/mol. The van der Waals surface area contributed by atoms with Crippen molar-refractivity contribution in [3.63, 3.8) is 0 Å². The Hall–Kier alpha value is -0.380. The van der Waals surface area contributed by atoms with Gasteiger partial charge in [-0.2, -0.15) is 0 Å². The van der Waals surface area contributed by atoms with E-state index in [1.165, 1.54) is 22.9 Å². The van der Waals surface area contributed by atoms with Gasteiger partial charge in [0, 0.05) is 17.1 Å². The molecule has 0 aromatic heterocycles. The van der Waals surface area contributed by atoms with Crippen molar-refractivity contribution in [3.8, 4) is 0 Å². The van der Waals surface area contributed by atoms with Crippen molar-refractivity contribution in [2.24, 2.45) is 0 Å². The Morgan fingerprint density at radius 3 is 2.73 bits per heavy atom. The van der Waals surface area contributed by atoms with Gasteiger partial charge in [0.1, 0.15) is 0 Å². The highest BCUT2D eigenvalue weighted by atomic mass is 79.9. The fourth-order valence-corrected chi connectivity index (χ4v) is 2.72. The van der Waals surface area contributed by atoms with Crippen molar-refractivity contribution in [2.75, 3.05) is 13.2 Å². The molecule has 0 amide bonds. The molecule has 82 valence electrons. The number of rotatable bonds is 4. The summed E-state index contributed by atoms with van der Waals surface area (Å²) in [5.74, 6) is 0.678. The van der Waals surface area contributed by atoms with Crippen LogP contribution in [0.25, 0.3) is 0 Å². The van der Waals surface area contributed by atoms with E-state index in [0.717, 1.165) is 0 Å². The van der Waals surface area contributed by atoms with Gasteiger partial charge in [-0.1, -0.05) is 34.1 Å². The van der Waals surface area contributed by atoms with Gasteiger partial charge in [0.2, 0.25) is 0 Å². The Balaban J connectivity index is 1.87. The predicted octanol–water partition coefficient (Wildman–Crippen LogP) is 2.28. The molecule has 2 rings (SSSR count). The second-order valence-corrected chi connectivity index (χ2v) is 4.92. The lowest BCUT2D eigenvalue weighted by molar-refractivity contribution is 0.243. The molecule has 0 atom stereocenters. The number of aliphatic hydroxyl groups is 1. The van der Waals surface area contributed by atoms with Gasteiger partial charge in [-0.25, -0.2) is 0 Å². The molecule has 0 saturated heterocycles.